The van der Waals surface area contributed by atoms with Crippen molar-refractivity contribution in [3.8, 4) is 10.7 Å². The Morgan fingerprint density at radius 2 is 1.92 bits per heavy atom. The minimum atomic E-state index is -0.0345. The summed E-state index contributed by atoms with van der Waals surface area (Å²) < 4.78 is 0. The summed E-state index contributed by atoms with van der Waals surface area (Å²) in [5.74, 6) is -0.0345. The van der Waals surface area contributed by atoms with Crippen molar-refractivity contribution >= 4 is 28.9 Å². The highest BCUT2D eigenvalue weighted by Crippen LogP contribution is 2.22. The number of carbonyl (C=O) groups excluding carboxylic acids is 1. The standard InChI is InChI=1S/C19H17N3OS/c1-22(2)16-9-6-14(7-10-16)18(23)11-8-15-13-24-19(21-15)17-5-3-4-12-20-17/h3-13H,1-2H3. The molecule has 0 aliphatic carbocycles. The lowest BCUT2D eigenvalue weighted by atomic mass is 10.1. The van der Waals surface area contributed by atoms with E-state index in [1.165, 1.54) is 11.3 Å². The van der Waals surface area contributed by atoms with E-state index in [0.717, 1.165) is 22.1 Å². The molecule has 0 amide bonds. The molecule has 0 aliphatic rings. The van der Waals surface area contributed by atoms with Gasteiger partial charge in [-0.15, -0.1) is 11.3 Å². The van der Waals surface area contributed by atoms with Crippen LogP contribution in [0.1, 0.15) is 16.1 Å². The maximum absolute atomic E-state index is 12.2. The molecule has 120 valence electrons. The van der Waals surface area contributed by atoms with Crippen molar-refractivity contribution in [3.05, 3.63) is 71.4 Å². The van der Waals surface area contributed by atoms with Gasteiger partial charge < -0.3 is 4.90 Å². The molecule has 0 radical (unpaired) electrons. The summed E-state index contributed by atoms with van der Waals surface area (Å²) in [7, 11) is 3.94. The lowest BCUT2D eigenvalue weighted by Crippen LogP contribution is -2.08. The Hall–Kier alpha value is -2.79. The van der Waals surface area contributed by atoms with Gasteiger partial charge in [-0.1, -0.05) is 6.07 Å². The first-order valence-corrected chi connectivity index (χ1v) is 8.38. The zero-order valence-corrected chi connectivity index (χ0v) is 14.3. The van der Waals surface area contributed by atoms with Crippen LogP contribution >= 0.6 is 11.3 Å². The molecule has 3 rings (SSSR count). The minimum absolute atomic E-state index is 0.0345. The SMILES string of the molecule is CN(C)c1ccc(C(=O)C=Cc2csc(-c3ccccn3)n2)cc1. The van der Waals surface area contributed by atoms with E-state index >= 15 is 0 Å². The summed E-state index contributed by atoms with van der Waals surface area (Å²) in [5, 5.41) is 2.76. The zero-order chi connectivity index (χ0) is 16.9. The van der Waals surface area contributed by atoms with E-state index in [9.17, 15) is 4.79 Å². The van der Waals surface area contributed by atoms with E-state index in [-0.39, 0.29) is 5.78 Å². The fourth-order valence-electron chi connectivity index (χ4n) is 2.15. The first kappa shape index (κ1) is 16.1. The molecule has 2 aromatic heterocycles. The molecule has 5 heteroatoms. The van der Waals surface area contributed by atoms with Gasteiger partial charge in [0.25, 0.3) is 0 Å². The average Bonchev–Trinajstić information content (AvgIpc) is 3.09. The van der Waals surface area contributed by atoms with Crippen molar-refractivity contribution in [2.24, 2.45) is 0 Å². The molecular weight excluding hydrogens is 318 g/mol. The third kappa shape index (κ3) is 3.75. The zero-order valence-electron chi connectivity index (χ0n) is 13.5. The number of hydrogen-bond donors (Lipinski definition) is 0. The van der Waals surface area contributed by atoms with Gasteiger partial charge >= 0.3 is 0 Å². The topological polar surface area (TPSA) is 46.1 Å². The molecule has 0 N–H and O–H groups in total. The van der Waals surface area contributed by atoms with Crippen LogP contribution in [0.4, 0.5) is 5.69 Å². The molecule has 0 atom stereocenters. The van der Waals surface area contributed by atoms with Crippen LogP contribution in [-0.4, -0.2) is 29.8 Å². The molecule has 24 heavy (non-hydrogen) atoms. The molecular formula is C19H17N3OS. The Kier molecular flexibility index (Phi) is 4.82. The number of allylic oxidation sites excluding steroid dienone is 1. The molecule has 0 bridgehead atoms. The second-order valence-corrected chi connectivity index (χ2v) is 6.29. The fourth-order valence-corrected chi connectivity index (χ4v) is 2.91. The fraction of sp³-hybridized carbons (Fsp3) is 0.105. The van der Waals surface area contributed by atoms with Gasteiger partial charge in [0.05, 0.1) is 11.4 Å². The van der Waals surface area contributed by atoms with E-state index in [2.05, 4.69) is 9.97 Å². The summed E-state index contributed by atoms with van der Waals surface area (Å²) >= 11 is 1.51. The van der Waals surface area contributed by atoms with E-state index in [4.69, 9.17) is 0 Å². The van der Waals surface area contributed by atoms with Crippen molar-refractivity contribution in [1.82, 2.24) is 9.97 Å². The number of rotatable bonds is 5. The van der Waals surface area contributed by atoms with Gasteiger partial charge in [-0.25, -0.2) is 4.98 Å². The van der Waals surface area contributed by atoms with Crippen molar-refractivity contribution in [2.75, 3.05) is 19.0 Å². The number of anilines is 1. The number of carbonyl (C=O) groups is 1. The molecule has 0 aliphatic heterocycles. The second kappa shape index (κ2) is 7.19. The molecule has 1 aromatic carbocycles. The molecule has 0 spiro atoms. The summed E-state index contributed by atoms with van der Waals surface area (Å²) in [4.78, 5) is 23.0. The number of aromatic nitrogens is 2. The smallest absolute Gasteiger partial charge is 0.185 e. The summed E-state index contributed by atoms with van der Waals surface area (Å²) in [5.41, 5.74) is 3.33. The van der Waals surface area contributed by atoms with Crippen LogP contribution in [0.2, 0.25) is 0 Å². The van der Waals surface area contributed by atoms with Gasteiger partial charge in [-0.05, 0) is 48.6 Å². The first-order chi connectivity index (χ1) is 11.6. The first-order valence-electron chi connectivity index (χ1n) is 7.50. The van der Waals surface area contributed by atoms with Gasteiger partial charge in [-0.2, -0.15) is 0 Å². The Bertz CT molecular complexity index is 852. The lowest BCUT2D eigenvalue weighted by Gasteiger charge is -2.11. The maximum atomic E-state index is 12.2. The van der Waals surface area contributed by atoms with Gasteiger partial charge in [0.1, 0.15) is 5.01 Å². The minimum Gasteiger partial charge on any atom is -0.378 e. The van der Waals surface area contributed by atoms with Crippen LogP contribution in [-0.2, 0) is 0 Å². The maximum Gasteiger partial charge on any atom is 0.185 e. The quantitative estimate of drug-likeness (QED) is 0.519. The number of hydrogen-bond acceptors (Lipinski definition) is 5. The third-order valence-corrected chi connectivity index (χ3v) is 4.36. The summed E-state index contributed by atoms with van der Waals surface area (Å²) in [6.07, 6.45) is 5.04. The van der Waals surface area contributed by atoms with Crippen molar-refractivity contribution < 1.29 is 4.79 Å². The highest BCUT2D eigenvalue weighted by molar-refractivity contribution is 7.13. The van der Waals surface area contributed by atoms with Crippen LogP contribution in [0.5, 0.6) is 0 Å². The number of benzene rings is 1. The van der Waals surface area contributed by atoms with Gasteiger partial charge in [0, 0.05) is 36.9 Å². The van der Waals surface area contributed by atoms with Crippen molar-refractivity contribution in [1.29, 1.82) is 0 Å². The molecule has 0 fully saturated rings. The van der Waals surface area contributed by atoms with Crippen LogP contribution in [0.15, 0.2) is 60.1 Å². The largest absolute Gasteiger partial charge is 0.378 e. The Balaban J connectivity index is 1.71. The van der Waals surface area contributed by atoms with Crippen molar-refractivity contribution in [3.63, 3.8) is 0 Å². The molecule has 0 saturated carbocycles. The van der Waals surface area contributed by atoms with E-state index in [1.54, 1.807) is 18.3 Å². The average molecular weight is 335 g/mol. The number of thiazole rings is 1. The van der Waals surface area contributed by atoms with E-state index in [1.807, 2.05) is 66.8 Å². The van der Waals surface area contributed by atoms with Gasteiger partial charge in [-0.3, -0.25) is 9.78 Å². The predicted molar refractivity (Wildman–Crippen MR) is 99.5 cm³/mol. The summed E-state index contributed by atoms with van der Waals surface area (Å²) in [6.45, 7) is 0. The summed E-state index contributed by atoms with van der Waals surface area (Å²) in [6, 6.07) is 13.3. The van der Waals surface area contributed by atoms with Gasteiger partial charge in [0.2, 0.25) is 0 Å². The van der Waals surface area contributed by atoms with Crippen LogP contribution in [0, 0.1) is 0 Å². The second-order valence-electron chi connectivity index (χ2n) is 5.43. The number of ketones is 1. The number of nitrogens with zero attached hydrogens (tertiary/aromatic N) is 3. The predicted octanol–water partition coefficient (Wildman–Crippen LogP) is 4.17. The molecule has 3 aromatic rings. The van der Waals surface area contributed by atoms with Gasteiger partial charge in [0.15, 0.2) is 5.78 Å². The van der Waals surface area contributed by atoms with E-state index in [0.29, 0.717) is 5.56 Å². The Morgan fingerprint density at radius 1 is 1.12 bits per heavy atom. The van der Waals surface area contributed by atoms with Crippen LogP contribution in [0.3, 0.4) is 0 Å². The normalized spacial score (nSPS) is 10.9. The highest BCUT2D eigenvalue weighted by Gasteiger charge is 2.05. The molecule has 4 nitrogen and oxygen atoms in total. The van der Waals surface area contributed by atoms with Crippen LogP contribution < -0.4 is 4.90 Å². The molecule has 0 unspecified atom stereocenters. The number of pyridine rings is 1. The van der Waals surface area contributed by atoms with Crippen LogP contribution in [0.25, 0.3) is 16.8 Å². The Labute approximate surface area is 145 Å². The molecule has 2 heterocycles. The van der Waals surface area contributed by atoms with E-state index < -0.39 is 0 Å². The molecule has 0 saturated heterocycles. The van der Waals surface area contributed by atoms with Crippen molar-refractivity contribution in [2.45, 2.75) is 0 Å². The lowest BCUT2D eigenvalue weighted by molar-refractivity contribution is 0.104. The Morgan fingerprint density at radius 3 is 2.58 bits per heavy atom. The third-order valence-electron chi connectivity index (χ3n) is 3.48. The highest BCUT2D eigenvalue weighted by atomic mass is 32.1. The monoisotopic (exact) mass is 335 g/mol.